The van der Waals surface area contributed by atoms with Gasteiger partial charge in [0.25, 0.3) is 0 Å². The van der Waals surface area contributed by atoms with Crippen LogP contribution in [-0.4, -0.2) is 28.3 Å². The van der Waals surface area contributed by atoms with Gasteiger partial charge in [0.15, 0.2) is 0 Å². The van der Waals surface area contributed by atoms with Crippen LogP contribution in [0.1, 0.15) is 30.0 Å². The Hall–Kier alpha value is -1.66. The van der Waals surface area contributed by atoms with Gasteiger partial charge in [-0.2, -0.15) is 5.10 Å². The normalized spacial score (nSPS) is 22.6. The van der Waals surface area contributed by atoms with Crippen molar-refractivity contribution in [3.8, 4) is 0 Å². The van der Waals surface area contributed by atoms with E-state index in [1.807, 2.05) is 26.1 Å². The fourth-order valence-corrected chi connectivity index (χ4v) is 3.78. The zero-order valence-corrected chi connectivity index (χ0v) is 13.7. The van der Waals surface area contributed by atoms with E-state index in [2.05, 4.69) is 21.9 Å². The van der Waals surface area contributed by atoms with Crippen molar-refractivity contribution >= 4 is 17.2 Å². The second-order valence-corrected chi connectivity index (χ2v) is 6.79. The van der Waals surface area contributed by atoms with Gasteiger partial charge in [0.2, 0.25) is 5.91 Å². The van der Waals surface area contributed by atoms with Gasteiger partial charge in [-0.15, -0.1) is 11.3 Å². The van der Waals surface area contributed by atoms with E-state index in [9.17, 15) is 4.79 Å². The first kappa shape index (κ1) is 15.2. The maximum Gasteiger partial charge on any atom is 0.226 e. The van der Waals surface area contributed by atoms with Crippen LogP contribution < -0.4 is 5.32 Å². The van der Waals surface area contributed by atoms with E-state index in [1.54, 1.807) is 22.2 Å². The summed E-state index contributed by atoms with van der Waals surface area (Å²) in [4.78, 5) is 13.9. The molecule has 3 heterocycles. The van der Waals surface area contributed by atoms with Crippen molar-refractivity contribution in [2.24, 2.45) is 13.0 Å². The summed E-state index contributed by atoms with van der Waals surface area (Å²) < 4.78 is 7.56. The van der Waals surface area contributed by atoms with Gasteiger partial charge in [-0.05, 0) is 30.9 Å². The number of hydrogen-bond donors (Lipinski definition) is 1. The number of carbonyl (C=O) groups is 1. The third kappa shape index (κ3) is 3.23. The molecule has 0 radical (unpaired) electrons. The zero-order chi connectivity index (χ0) is 15.5. The van der Waals surface area contributed by atoms with Crippen LogP contribution in [0.25, 0.3) is 0 Å². The summed E-state index contributed by atoms with van der Waals surface area (Å²) in [7, 11) is 1.88. The molecule has 1 N–H and O–H groups in total. The van der Waals surface area contributed by atoms with Crippen molar-refractivity contribution in [2.45, 2.75) is 31.9 Å². The van der Waals surface area contributed by atoms with Gasteiger partial charge < -0.3 is 10.1 Å². The van der Waals surface area contributed by atoms with E-state index in [0.29, 0.717) is 6.61 Å². The number of rotatable bonds is 5. The predicted octanol–water partition coefficient (Wildman–Crippen LogP) is 2.31. The Morgan fingerprint density at radius 1 is 1.59 bits per heavy atom. The van der Waals surface area contributed by atoms with Crippen molar-refractivity contribution in [1.29, 1.82) is 0 Å². The molecule has 0 bridgehead atoms. The summed E-state index contributed by atoms with van der Waals surface area (Å²) in [6.07, 6.45) is 3.17. The van der Waals surface area contributed by atoms with Crippen LogP contribution >= 0.6 is 11.3 Å². The van der Waals surface area contributed by atoms with Crippen LogP contribution in [0.15, 0.2) is 29.8 Å². The molecule has 1 saturated heterocycles. The summed E-state index contributed by atoms with van der Waals surface area (Å²) in [6.45, 7) is 2.67. The predicted molar refractivity (Wildman–Crippen MR) is 85.6 cm³/mol. The number of aryl methyl sites for hydroxylation is 1. The van der Waals surface area contributed by atoms with E-state index < -0.39 is 0 Å². The smallest absolute Gasteiger partial charge is 0.226 e. The third-order valence-electron chi connectivity index (χ3n) is 4.05. The van der Waals surface area contributed by atoms with Gasteiger partial charge in [0.1, 0.15) is 6.10 Å². The molecule has 3 atom stereocenters. The maximum absolute atomic E-state index is 12.6. The van der Waals surface area contributed by atoms with Gasteiger partial charge >= 0.3 is 0 Å². The first-order valence-electron chi connectivity index (χ1n) is 7.57. The quantitative estimate of drug-likeness (QED) is 0.920. The molecule has 5 nitrogen and oxygen atoms in total. The number of thiophene rings is 1. The molecular formula is C16H21N3O2S. The Kier molecular flexibility index (Phi) is 4.59. The molecule has 22 heavy (non-hydrogen) atoms. The topological polar surface area (TPSA) is 56.1 Å². The summed E-state index contributed by atoms with van der Waals surface area (Å²) in [5, 5.41) is 9.36. The average Bonchev–Trinajstić information content (AvgIpc) is 3.18. The van der Waals surface area contributed by atoms with E-state index in [0.717, 1.165) is 18.5 Å². The molecule has 0 aliphatic carbocycles. The number of hydrogen-bond acceptors (Lipinski definition) is 4. The Labute approximate surface area is 134 Å². The minimum absolute atomic E-state index is 0.0766. The number of carbonyl (C=O) groups excluding carboxylic acids is 1. The van der Waals surface area contributed by atoms with E-state index in [1.165, 1.54) is 4.88 Å². The number of aromatic nitrogens is 2. The Balaban J connectivity index is 1.62. The van der Waals surface area contributed by atoms with Gasteiger partial charge in [-0.1, -0.05) is 6.07 Å². The van der Waals surface area contributed by atoms with Gasteiger partial charge in [-0.3, -0.25) is 9.48 Å². The minimum Gasteiger partial charge on any atom is -0.371 e. The molecule has 0 aromatic carbocycles. The van der Waals surface area contributed by atoms with Gasteiger partial charge in [0.05, 0.1) is 11.6 Å². The van der Waals surface area contributed by atoms with Crippen molar-refractivity contribution < 1.29 is 9.53 Å². The lowest BCUT2D eigenvalue weighted by molar-refractivity contribution is -0.127. The summed E-state index contributed by atoms with van der Waals surface area (Å²) in [5.41, 5.74) is 0.962. The molecule has 118 valence electrons. The van der Waals surface area contributed by atoms with Crippen molar-refractivity contribution in [1.82, 2.24) is 15.1 Å². The molecule has 1 unspecified atom stereocenters. The zero-order valence-electron chi connectivity index (χ0n) is 12.9. The number of nitrogens with zero attached hydrogens (tertiary/aromatic N) is 2. The summed E-state index contributed by atoms with van der Waals surface area (Å²) in [6, 6.07) is 6.19. The number of amides is 1. The molecule has 0 spiro atoms. The van der Waals surface area contributed by atoms with Gasteiger partial charge in [0, 0.05) is 37.2 Å². The second-order valence-electron chi connectivity index (χ2n) is 5.76. The summed E-state index contributed by atoms with van der Waals surface area (Å²) in [5.74, 6) is -0.0612. The molecule has 6 heteroatoms. The molecule has 1 aliphatic rings. The molecular weight excluding hydrogens is 298 g/mol. The first-order valence-corrected chi connectivity index (χ1v) is 8.45. The fourth-order valence-electron chi connectivity index (χ4n) is 2.94. The highest BCUT2D eigenvalue weighted by Gasteiger charge is 2.37. The van der Waals surface area contributed by atoms with Crippen LogP contribution in [0, 0.1) is 5.92 Å². The highest BCUT2D eigenvalue weighted by molar-refractivity contribution is 7.09. The van der Waals surface area contributed by atoms with E-state index in [-0.39, 0.29) is 24.0 Å². The molecule has 1 aliphatic heterocycles. The minimum atomic E-state index is -0.193. The van der Waals surface area contributed by atoms with Crippen LogP contribution in [0.5, 0.6) is 0 Å². The monoisotopic (exact) mass is 319 g/mol. The standard InChI is InChI=1S/C16H21N3O2S/c1-11(10-12-4-3-9-22-12)18-16(20)13-6-8-21-15(13)14-5-7-17-19(14)2/h3-5,7,9,11,13,15H,6,8,10H2,1-2H3,(H,18,20)/t11?,13-,15-/m1/s1. The van der Waals surface area contributed by atoms with Crippen LogP contribution in [0.3, 0.4) is 0 Å². The van der Waals surface area contributed by atoms with Crippen molar-refractivity contribution in [3.63, 3.8) is 0 Å². The van der Waals surface area contributed by atoms with Crippen LogP contribution in [0.2, 0.25) is 0 Å². The molecule has 1 fully saturated rings. The molecule has 3 rings (SSSR count). The van der Waals surface area contributed by atoms with Crippen LogP contribution in [-0.2, 0) is 23.0 Å². The number of ether oxygens (including phenoxy) is 1. The Morgan fingerprint density at radius 2 is 2.45 bits per heavy atom. The van der Waals surface area contributed by atoms with Crippen LogP contribution in [0.4, 0.5) is 0 Å². The Morgan fingerprint density at radius 3 is 3.14 bits per heavy atom. The highest BCUT2D eigenvalue weighted by atomic mass is 32.1. The maximum atomic E-state index is 12.6. The van der Waals surface area contributed by atoms with E-state index in [4.69, 9.17) is 4.74 Å². The van der Waals surface area contributed by atoms with Gasteiger partial charge in [-0.25, -0.2) is 0 Å². The number of nitrogens with one attached hydrogen (secondary N) is 1. The summed E-state index contributed by atoms with van der Waals surface area (Å²) >= 11 is 1.72. The SMILES string of the molecule is CC(Cc1cccs1)NC(=O)[C@@H]1CCO[C@H]1c1ccnn1C. The third-order valence-corrected chi connectivity index (χ3v) is 4.95. The van der Waals surface area contributed by atoms with Crippen molar-refractivity contribution in [3.05, 3.63) is 40.3 Å². The Bertz CT molecular complexity index is 623. The molecule has 1 amide bonds. The van der Waals surface area contributed by atoms with E-state index >= 15 is 0 Å². The average molecular weight is 319 g/mol. The highest BCUT2D eigenvalue weighted by Crippen LogP contribution is 2.34. The second kappa shape index (κ2) is 6.62. The largest absolute Gasteiger partial charge is 0.371 e. The molecule has 2 aromatic heterocycles. The molecule has 0 saturated carbocycles. The lowest BCUT2D eigenvalue weighted by Gasteiger charge is -2.21. The lowest BCUT2D eigenvalue weighted by Crippen LogP contribution is -2.39. The van der Waals surface area contributed by atoms with Crippen molar-refractivity contribution in [2.75, 3.05) is 6.61 Å². The fraction of sp³-hybridized carbons (Fsp3) is 0.500. The lowest BCUT2D eigenvalue weighted by atomic mass is 9.97. The first-order chi connectivity index (χ1) is 10.6. The molecule has 2 aromatic rings.